The van der Waals surface area contributed by atoms with Crippen molar-refractivity contribution in [3.63, 3.8) is 0 Å². The topological polar surface area (TPSA) is 3.24 Å². The van der Waals surface area contributed by atoms with Crippen molar-refractivity contribution in [2.24, 2.45) is 11.8 Å². The minimum Gasteiger partial charge on any atom is -0.357 e. The lowest BCUT2D eigenvalue weighted by atomic mass is 9.77. The van der Waals surface area contributed by atoms with Crippen LogP contribution in [0.4, 0.5) is 5.69 Å². The van der Waals surface area contributed by atoms with Gasteiger partial charge in [-0.2, -0.15) is 0 Å². The molecule has 1 heteroatoms. The van der Waals surface area contributed by atoms with Crippen LogP contribution in [-0.4, -0.2) is 12.1 Å². The number of anilines is 1. The van der Waals surface area contributed by atoms with E-state index in [9.17, 15) is 0 Å². The van der Waals surface area contributed by atoms with Gasteiger partial charge in [0.2, 0.25) is 0 Å². The molecule has 4 aliphatic rings. The summed E-state index contributed by atoms with van der Waals surface area (Å²) >= 11 is 0. The third-order valence-corrected chi connectivity index (χ3v) is 12.8. The van der Waals surface area contributed by atoms with E-state index >= 15 is 0 Å². The predicted octanol–water partition coefficient (Wildman–Crippen LogP) is 13.3. The van der Waals surface area contributed by atoms with Crippen molar-refractivity contribution < 1.29 is 0 Å². The number of hydrogen-bond donors (Lipinski definition) is 0. The number of aryl methyl sites for hydroxylation is 1. The van der Waals surface area contributed by atoms with Crippen molar-refractivity contribution in [2.45, 2.75) is 37.8 Å². The van der Waals surface area contributed by atoms with Crippen LogP contribution in [0.5, 0.6) is 0 Å². The number of para-hydroxylation sites is 1. The lowest BCUT2D eigenvalue weighted by molar-refractivity contribution is 0.530. The largest absolute Gasteiger partial charge is 0.357 e. The first-order valence-corrected chi connectivity index (χ1v) is 20.1. The zero-order chi connectivity index (χ0) is 36.3. The Morgan fingerprint density at radius 1 is 0.436 bits per heavy atom. The fraction of sp³-hybridized carbons (Fsp3) is 0.148. The lowest BCUT2D eigenvalue weighted by Crippen LogP contribution is -2.36. The molecule has 3 aliphatic carbocycles. The molecule has 0 aromatic heterocycles. The van der Waals surface area contributed by atoms with E-state index in [1.165, 1.54) is 97.4 Å². The average molecular weight is 706 g/mol. The maximum absolute atomic E-state index is 2.68. The van der Waals surface area contributed by atoms with E-state index in [2.05, 4.69) is 193 Å². The van der Waals surface area contributed by atoms with Gasteiger partial charge in [0.05, 0.1) is 12.1 Å². The summed E-state index contributed by atoms with van der Waals surface area (Å²) in [7, 11) is 0. The van der Waals surface area contributed by atoms with E-state index in [0.717, 1.165) is 0 Å². The molecular formula is C54H43N. The SMILES string of the molecule is C1=CC2C(C=C1c1ccc3c(-c4ccccc4)c4ccccc4c(-c4ccccc4)c3c1)C1C=C(c3cccc4c3CCCC4)C=CC1N2c1ccccc1. The van der Waals surface area contributed by atoms with Gasteiger partial charge >= 0.3 is 0 Å². The predicted molar refractivity (Wildman–Crippen MR) is 233 cm³/mol. The molecule has 4 atom stereocenters. The third-order valence-electron chi connectivity index (χ3n) is 12.8. The zero-order valence-electron chi connectivity index (χ0n) is 31.0. The van der Waals surface area contributed by atoms with Crippen LogP contribution in [0.1, 0.15) is 35.1 Å². The fourth-order valence-corrected chi connectivity index (χ4v) is 10.4. The van der Waals surface area contributed by atoms with Gasteiger partial charge in [-0.25, -0.2) is 0 Å². The highest BCUT2D eigenvalue weighted by molar-refractivity contribution is 6.21. The van der Waals surface area contributed by atoms with Crippen molar-refractivity contribution in [3.05, 3.63) is 210 Å². The number of rotatable bonds is 5. The molecule has 264 valence electrons. The molecule has 4 unspecified atom stereocenters. The highest BCUT2D eigenvalue weighted by Gasteiger charge is 2.47. The Morgan fingerprint density at radius 3 is 1.69 bits per heavy atom. The summed E-state index contributed by atoms with van der Waals surface area (Å²) in [4.78, 5) is 2.68. The van der Waals surface area contributed by atoms with Gasteiger partial charge in [0.25, 0.3) is 0 Å². The highest BCUT2D eigenvalue weighted by atomic mass is 15.2. The fourth-order valence-electron chi connectivity index (χ4n) is 10.4. The summed E-state index contributed by atoms with van der Waals surface area (Å²) in [6.45, 7) is 0. The second-order valence-electron chi connectivity index (χ2n) is 15.8. The van der Waals surface area contributed by atoms with Gasteiger partial charge in [-0.15, -0.1) is 0 Å². The van der Waals surface area contributed by atoms with Crippen LogP contribution >= 0.6 is 0 Å². The Balaban J connectivity index is 1.08. The zero-order valence-corrected chi connectivity index (χ0v) is 31.0. The molecule has 0 spiro atoms. The monoisotopic (exact) mass is 705 g/mol. The third kappa shape index (κ3) is 5.36. The molecule has 1 heterocycles. The van der Waals surface area contributed by atoms with Gasteiger partial charge in [-0.1, -0.05) is 170 Å². The van der Waals surface area contributed by atoms with Crippen LogP contribution < -0.4 is 4.90 Å². The second kappa shape index (κ2) is 13.3. The Bertz CT molecular complexity index is 2710. The Kier molecular flexibility index (Phi) is 7.80. The van der Waals surface area contributed by atoms with Gasteiger partial charge in [0.15, 0.2) is 0 Å². The van der Waals surface area contributed by atoms with Gasteiger partial charge < -0.3 is 4.90 Å². The molecule has 1 fully saturated rings. The van der Waals surface area contributed by atoms with Crippen LogP contribution in [0.25, 0.3) is 54.9 Å². The van der Waals surface area contributed by atoms with Crippen LogP contribution in [0, 0.1) is 11.8 Å². The molecule has 1 saturated heterocycles. The molecule has 0 saturated carbocycles. The summed E-state index contributed by atoms with van der Waals surface area (Å²) < 4.78 is 0. The van der Waals surface area contributed by atoms with Crippen molar-refractivity contribution in [2.75, 3.05) is 4.90 Å². The number of hydrogen-bond acceptors (Lipinski definition) is 1. The van der Waals surface area contributed by atoms with Crippen LogP contribution in [0.2, 0.25) is 0 Å². The van der Waals surface area contributed by atoms with Gasteiger partial charge in [-0.3, -0.25) is 0 Å². The summed E-state index contributed by atoms with van der Waals surface area (Å²) in [6, 6.07) is 56.8. The van der Waals surface area contributed by atoms with Crippen LogP contribution in [0.3, 0.4) is 0 Å². The summed E-state index contributed by atoms with van der Waals surface area (Å²) in [5.74, 6) is 0.698. The van der Waals surface area contributed by atoms with Crippen molar-refractivity contribution in [1.82, 2.24) is 0 Å². The van der Waals surface area contributed by atoms with Crippen molar-refractivity contribution >= 4 is 38.4 Å². The average Bonchev–Trinajstić information content (AvgIpc) is 3.59. The van der Waals surface area contributed by atoms with Crippen LogP contribution in [0.15, 0.2) is 188 Å². The molecule has 55 heavy (non-hydrogen) atoms. The molecule has 0 radical (unpaired) electrons. The summed E-state index contributed by atoms with van der Waals surface area (Å²) in [5.41, 5.74) is 15.0. The molecule has 1 aliphatic heterocycles. The Labute approximate surface area is 324 Å². The standard InChI is InChI=1S/C54H43N/c1-4-16-37(17-5-1)53-45-24-12-13-25-46(45)54(38-18-6-2-7-19-38)50-34-39(27-30-47(50)53)40-28-31-51-48(33-40)49-35-41(44-26-14-20-36-15-10-11-23-43(36)44)29-32-52(49)55(51)42-21-8-3-9-22-42/h1-9,12-14,16-22,24-35,48-49,51-52H,10-11,15,23H2. The quantitative estimate of drug-likeness (QED) is 0.161. The number of benzene rings is 7. The molecule has 7 aromatic carbocycles. The number of nitrogens with zero attached hydrogens (tertiary/aromatic N) is 1. The van der Waals surface area contributed by atoms with Crippen LogP contribution in [-0.2, 0) is 12.8 Å². The van der Waals surface area contributed by atoms with Gasteiger partial charge in [-0.05, 0) is 121 Å². The van der Waals surface area contributed by atoms with Gasteiger partial charge in [0.1, 0.15) is 0 Å². The van der Waals surface area contributed by atoms with Crippen molar-refractivity contribution in [3.8, 4) is 22.3 Å². The highest BCUT2D eigenvalue weighted by Crippen LogP contribution is 2.49. The minimum atomic E-state index is 0.278. The van der Waals surface area contributed by atoms with E-state index in [1.807, 2.05) is 0 Å². The van der Waals surface area contributed by atoms with E-state index in [-0.39, 0.29) is 6.04 Å². The van der Waals surface area contributed by atoms with E-state index in [0.29, 0.717) is 17.9 Å². The second-order valence-corrected chi connectivity index (χ2v) is 15.8. The summed E-state index contributed by atoms with van der Waals surface area (Å²) in [5, 5.41) is 5.16. The first kappa shape index (κ1) is 32.3. The van der Waals surface area contributed by atoms with E-state index < -0.39 is 0 Å². The molecular weight excluding hydrogens is 663 g/mol. The molecule has 0 N–H and O–H groups in total. The molecule has 1 nitrogen and oxygen atoms in total. The van der Waals surface area contributed by atoms with Gasteiger partial charge in [0, 0.05) is 17.5 Å². The maximum atomic E-state index is 2.68. The summed E-state index contributed by atoms with van der Waals surface area (Å²) in [6.07, 6.45) is 20.1. The minimum absolute atomic E-state index is 0.278. The van der Waals surface area contributed by atoms with E-state index in [1.54, 1.807) is 11.1 Å². The Morgan fingerprint density at radius 2 is 1.00 bits per heavy atom. The molecule has 11 rings (SSSR count). The van der Waals surface area contributed by atoms with Crippen molar-refractivity contribution in [1.29, 1.82) is 0 Å². The lowest BCUT2D eigenvalue weighted by Gasteiger charge is -2.32. The first-order valence-electron chi connectivity index (χ1n) is 20.1. The smallest absolute Gasteiger partial charge is 0.0552 e. The number of fused-ring (bicyclic) bond motifs is 6. The first-order chi connectivity index (χ1) is 27.3. The van der Waals surface area contributed by atoms with E-state index in [4.69, 9.17) is 0 Å². The normalized spacial score (nSPS) is 21.2. The Hall–Kier alpha value is -6.18. The molecule has 0 bridgehead atoms. The molecule has 0 amide bonds. The number of allylic oxidation sites excluding steroid dienone is 4. The molecule has 7 aromatic rings. The maximum Gasteiger partial charge on any atom is 0.0552 e.